The Balaban J connectivity index is 2.74. The molecule has 0 unspecified atom stereocenters. The molecule has 2 rings (SSSR count). The van der Waals surface area contributed by atoms with Crippen LogP contribution in [0.2, 0.25) is 0 Å². The number of thiophene rings is 1. The average molecular weight is 290 g/mol. The van der Waals surface area contributed by atoms with Crippen LogP contribution in [0.4, 0.5) is 0 Å². The summed E-state index contributed by atoms with van der Waals surface area (Å²) in [5.41, 5.74) is 1.40. The maximum absolute atomic E-state index is 5.92. The lowest BCUT2D eigenvalue weighted by Crippen LogP contribution is -1.82. The minimum Gasteiger partial charge on any atom is -0.139 e. The number of hydrogen-bond donors (Lipinski definition) is 0. The van der Waals surface area contributed by atoms with Crippen LogP contribution in [0.5, 0.6) is 0 Å². The second kappa shape index (κ2) is 4.21. The molecule has 1 heterocycles. The van der Waals surface area contributed by atoms with Crippen LogP contribution in [-0.2, 0) is 12.3 Å². The molecule has 0 N–H and O–H groups in total. The summed E-state index contributed by atoms with van der Waals surface area (Å²) in [6, 6.07) is 6.41. The van der Waals surface area contributed by atoms with Crippen molar-refractivity contribution in [1.29, 1.82) is 0 Å². The van der Waals surface area contributed by atoms with Gasteiger partial charge in [0.2, 0.25) is 0 Å². The van der Waals surface area contributed by atoms with Crippen molar-refractivity contribution in [3.05, 3.63) is 33.1 Å². The lowest BCUT2D eigenvalue weighted by Gasteiger charge is -1.97. The van der Waals surface area contributed by atoms with Crippen LogP contribution in [0.25, 0.3) is 10.1 Å². The van der Waals surface area contributed by atoms with Crippen molar-refractivity contribution in [1.82, 2.24) is 0 Å². The van der Waals surface area contributed by atoms with Crippen molar-refractivity contribution in [2.45, 2.75) is 19.2 Å². The Morgan fingerprint density at radius 2 is 2.21 bits per heavy atom. The molecule has 0 saturated heterocycles. The third-order valence-corrected chi connectivity index (χ3v) is 4.44. The van der Waals surface area contributed by atoms with Crippen LogP contribution in [0.3, 0.4) is 0 Å². The maximum Gasteiger partial charge on any atom is 0.0571 e. The summed E-state index contributed by atoms with van der Waals surface area (Å²) in [6.45, 7) is 2.18. The van der Waals surface area contributed by atoms with E-state index in [1.54, 1.807) is 11.3 Å². The number of alkyl halides is 1. The second-order valence-corrected chi connectivity index (χ2v) is 5.45. The summed E-state index contributed by atoms with van der Waals surface area (Å²) in [5.74, 6) is 0.625. The molecule has 0 nitrogen and oxygen atoms in total. The molecule has 14 heavy (non-hydrogen) atoms. The Labute approximate surface area is 101 Å². The molecule has 74 valence electrons. The zero-order chi connectivity index (χ0) is 10.1. The van der Waals surface area contributed by atoms with E-state index in [0.717, 1.165) is 10.9 Å². The predicted molar refractivity (Wildman–Crippen MR) is 68.5 cm³/mol. The molecule has 0 aliphatic heterocycles. The van der Waals surface area contributed by atoms with Crippen LogP contribution in [-0.4, -0.2) is 0 Å². The summed E-state index contributed by atoms with van der Waals surface area (Å²) in [6.07, 6.45) is 1.05. The normalized spacial score (nSPS) is 11.1. The van der Waals surface area contributed by atoms with E-state index in [0.29, 0.717) is 5.88 Å². The van der Waals surface area contributed by atoms with Gasteiger partial charge in [-0.05, 0) is 35.6 Å². The third-order valence-electron chi connectivity index (χ3n) is 2.31. The van der Waals surface area contributed by atoms with Gasteiger partial charge in [-0.2, -0.15) is 0 Å². The first-order valence-electron chi connectivity index (χ1n) is 4.52. The molecule has 0 aliphatic carbocycles. The summed E-state index contributed by atoms with van der Waals surface area (Å²) in [4.78, 5) is 1.31. The van der Waals surface area contributed by atoms with Gasteiger partial charge in [-0.1, -0.05) is 22.9 Å². The first-order valence-corrected chi connectivity index (χ1v) is 6.66. The van der Waals surface area contributed by atoms with Gasteiger partial charge in [0.15, 0.2) is 0 Å². The van der Waals surface area contributed by atoms with Gasteiger partial charge in [-0.25, -0.2) is 0 Å². The lowest BCUT2D eigenvalue weighted by atomic mass is 10.1. The highest BCUT2D eigenvalue weighted by Crippen LogP contribution is 2.34. The Hall–Kier alpha value is -0.0500. The molecule has 1 aromatic carbocycles. The number of fused-ring (bicyclic) bond motifs is 1. The Morgan fingerprint density at radius 1 is 1.43 bits per heavy atom. The topological polar surface area (TPSA) is 0 Å². The van der Waals surface area contributed by atoms with E-state index in [-0.39, 0.29) is 0 Å². The lowest BCUT2D eigenvalue weighted by molar-refractivity contribution is 1.14. The fourth-order valence-corrected chi connectivity index (χ4v) is 3.48. The molecule has 0 bridgehead atoms. The summed E-state index contributed by atoms with van der Waals surface area (Å²) < 4.78 is 2.47. The third kappa shape index (κ3) is 1.71. The zero-order valence-electron chi connectivity index (χ0n) is 7.81. The Morgan fingerprint density at radius 3 is 2.86 bits per heavy atom. The fraction of sp³-hybridized carbons (Fsp3) is 0.273. The molecule has 0 spiro atoms. The van der Waals surface area contributed by atoms with Gasteiger partial charge in [0.05, 0.1) is 5.88 Å². The molecule has 0 fully saturated rings. The van der Waals surface area contributed by atoms with Crippen molar-refractivity contribution in [3.8, 4) is 0 Å². The van der Waals surface area contributed by atoms with Crippen molar-refractivity contribution < 1.29 is 0 Å². The fourth-order valence-electron chi connectivity index (χ4n) is 1.67. The zero-order valence-corrected chi connectivity index (χ0v) is 11.0. The average Bonchev–Trinajstić information content (AvgIpc) is 2.54. The number of halogens is 2. The van der Waals surface area contributed by atoms with Gasteiger partial charge in [0.25, 0.3) is 0 Å². The molecule has 2 aromatic rings. The minimum absolute atomic E-state index is 0.625. The van der Waals surface area contributed by atoms with E-state index in [1.807, 2.05) is 0 Å². The van der Waals surface area contributed by atoms with Gasteiger partial charge < -0.3 is 0 Å². The number of hydrogen-bond acceptors (Lipinski definition) is 1. The van der Waals surface area contributed by atoms with E-state index in [4.69, 9.17) is 11.6 Å². The summed E-state index contributed by atoms with van der Waals surface area (Å²) >= 11 is 11.2. The summed E-state index contributed by atoms with van der Waals surface area (Å²) in [7, 11) is 0. The first kappa shape index (κ1) is 10.5. The highest BCUT2D eigenvalue weighted by atomic mass is 79.9. The van der Waals surface area contributed by atoms with Crippen molar-refractivity contribution in [3.63, 3.8) is 0 Å². The molecule has 0 radical (unpaired) electrons. The molecule has 0 aliphatic rings. The van der Waals surface area contributed by atoms with E-state index < -0.39 is 0 Å². The van der Waals surface area contributed by atoms with E-state index in [1.165, 1.54) is 20.5 Å². The number of benzene rings is 1. The number of rotatable bonds is 2. The number of aryl methyl sites for hydroxylation is 1. The van der Waals surface area contributed by atoms with E-state index >= 15 is 0 Å². The first-order chi connectivity index (χ1) is 6.76. The molecular weight excluding hydrogens is 280 g/mol. The molecule has 0 atom stereocenters. The summed E-state index contributed by atoms with van der Waals surface area (Å²) in [5, 5.41) is 1.35. The van der Waals surface area contributed by atoms with Crippen molar-refractivity contribution >= 4 is 49.0 Å². The maximum atomic E-state index is 5.92. The van der Waals surface area contributed by atoms with Crippen LogP contribution in [0, 0.1) is 0 Å². The molecule has 1 aromatic heterocycles. The Kier molecular flexibility index (Phi) is 3.15. The standard InChI is InChI=1S/C11H10BrClS/c1-2-8-9-5-7(12)3-4-10(9)14-11(8)6-13/h3-5H,2,6H2,1H3. The molecule has 3 heteroatoms. The SMILES string of the molecule is CCc1c(CCl)sc2ccc(Br)cc12. The molecule has 0 amide bonds. The van der Waals surface area contributed by atoms with E-state index in [2.05, 4.69) is 41.1 Å². The van der Waals surface area contributed by atoms with Gasteiger partial charge in [-0.15, -0.1) is 22.9 Å². The quantitative estimate of drug-likeness (QED) is 0.685. The highest BCUT2D eigenvalue weighted by Gasteiger charge is 2.09. The van der Waals surface area contributed by atoms with Crippen LogP contribution in [0.1, 0.15) is 17.4 Å². The minimum atomic E-state index is 0.625. The van der Waals surface area contributed by atoms with E-state index in [9.17, 15) is 0 Å². The monoisotopic (exact) mass is 288 g/mol. The van der Waals surface area contributed by atoms with Gasteiger partial charge >= 0.3 is 0 Å². The van der Waals surface area contributed by atoms with Gasteiger partial charge in [-0.3, -0.25) is 0 Å². The van der Waals surface area contributed by atoms with Crippen LogP contribution < -0.4 is 0 Å². The van der Waals surface area contributed by atoms with Gasteiger partial charge in [0, 0.05) is 14.0 Å². The molecule has 0 saturated carbocycles. The van der Waals surface area contributed by atoms with Crippen LogP contribution >= 0.6 is 38.9 Å². The second-order valence-electron chi connectivity index (χ2n) is 3.13. The molecular formula is C11H10BrClS. The van der Waals surface area contributed by atoms with Crippen molar-refractivity contribution in [2.24, 2.45) is 0 Å². The Bertz CT molecular complexity index is 462. The van der Waals surface area contributed by atoms with Crippen LogP contribution in [0.15, 0.2) is 22.7 Å². The highest BCUT2D eigenvalue weighted by molar-refractivity contribution is 9.10. The van der Waals surface area contributed by atoms with Crippen molar-refractivity contribution in [2.75, 3.05) is 0 Å². The smallest absolute Gasteiger partial charge is 0.0571 e. The predicted octanol–water partition coefficient (Wildman–Crippen LogP) is 4.97. The van der Waals surface area contributed by atoms with Gasteiger partial charge in [0.1, 0.15) is 0 Å². The largest absolute Gasteiger partial charge is 0.139 e.